The number of nitrogen functional groups attached to an aromatic ring is 1. The maximum atomic E-state index is 13.2. The van der Waals surface area contributed by atoms with Crippen molar-refractivity contribution in [2.24, 2.45) is 5.92 Å². The van der Waals surface area contributed by atoms with Crippen molar-refractivity contribution in [2.45, 2.75) is 31.7 Å². The van der Waals surface area contributed by atoms with Crippen molar-refractivity contribution in [1.82, 2.24) is 14.9 Å². The lowest BCUT2D eigenvalue weighted by molar-refractivity contribution is -0.146. The van der Waals surface area contributed by atoms with Crippen LogP contribution in [0.3, 0.4) is 0 Å². The number of carbonyl (C=O) groups excluding carboxylic acids is 3. The van der Waals surface area contributed by atoms with Crippen LogP contribution in [-0.4, -0.2) is 58.4 Å². The predicted octanol–water partition coefficient (Wildman–Crippen LogP) is 3.07. The zero-order chi connectivity index (χ0) is 25.2. The van der Waals surface area contributed by atoms with Crippen LogP contribution in [0.1, 0.15) is 36.2 Å². The van der Waals surface area contributed by atoms with Crippen LogP contribution in [0.5, 0.6) is 0 Å². The van der Waals surface area contributed by atoms with Gasteiger partial charge in [0.2, 0.25) is 17.6 Å². The summed E-state index contributed by atoms with van der Waals surface area (Å²) in [4.78, 5) is 48.6. The molecule has 0 spiro atoms. The maximum absolute atomic E-state index is 13.2. The molecule has 3 aromatic heterocycles. The smallest absolute Gasteiger partial charge is 0.294 e. The van der Waals surface area contributed by atoms with E-state index in [0.717, 1.165) is 12.8 Å². The first-order chi connectivity index (χ1) is 17.4. The third-order valence-corrected chi connectivity index (χ3v) is 6.73. The lowest BCUT2D eigenvalue weighted by Gasteiger charge is -2.38. The number of anilines is 3. The number of morpholine rings is 1. The topological polar surface area (TPSA) is 153 Å². The molecule has 12 heteroatoms. The fraction of sp³-hybridized carbons (Fsp3) is 0.375. The van der Waals surface area contributed by atoms with Gasteiger partial charge in [0.05, 0.1) is 23.5 Å². The Balaban J connectivity index is 1.32. The standard InChI is InChI=1S/C24H25ClN6O5/c25-14-3-6-18(27-10-14)29-24(34)22-21(20-17(36-22)9-15(26)11-28-20)30-23(33)13-1-4-16(5-2-13)31-7-8-35-12-19(31)32/h3,6,9-11,13,16H,1-2,4-5,7-8,12,26H2,(H,30,33)(H,27,29,34). The molecule has 2 aliphatic rings. The summed E-state index contributed by atoms with van der Waals surface area (Å²) in [6.07, 6.45) is 5.52. The van der Waals surface area contributed by atoms with E-state index in [1.54, 1.807) is 18.2 Å². The molecule has 3 amide bonds. The number of amides is 3. The van der Waals surface area contributed by atoms with Gasteiger partial charge in [-0.1, -0.05) is 11.6 Å². The second-order valence-corrected chi connectivity index (χ2v) is 9.31. The summed E-state index contributed by atoms with van der Waals surface area (Å²) in [5.74, 6) is -0.959. The van der Waals surface area contributed by atoms with Crippen molar-refractivity contribution in [2.75, 3.05) is 36.1 Å². The first kappa shape index (κ1) is 24.0. The number of carbonyl (C=O) groups is 3. The fourth-order valence-electron chi connectivity index (χ4n) is 4.68. The maximum Gasteiger partial charge on any atom is 0.294 e. The normalized spacial score (nSPS) is 20.4. The van der Waals surface area contributed by atoms with Crippen molar-refractivity contribution in [3.8, 4) is 0 Å². The Bertz CT molecular complexity index is 1300. The van der Waals surface area contributed by atoms with Crippen molar-refractivity contribution >= 4 is 57.6 Å². The summed E-state index contributed by atoms with van der Waals surface area (Å²) in [7, 11) is 0. The van der Waals surface area contributed by atoms with Crippen molar-refractivity contribution < 1.29 is 23.5 Å². The van der Waals surface area contributed by atoms with Gasteiger partial charge in [0.1, 0.15) is 23.6 Å². The van der Waals surface area contributed by atoms with Crippen LogP contribution < -0.4 is 16.4 Å². The highest BCUT2D eigenvalue weighted by molar-refractivity contribution is 6.30. The largest absolute Gasteiger partial charge is 0.447 e. The first-order valence-electron chi connectivity index (χ1n) is 11.7. The number of rotatable bonds is 5. The number of aromatic nitrogens is 2. The molecule has 4 heterocycles. The summed E-state index contributed by atoms with van der Waals surface area (Å²) in [5, 5.41) is 5.93. The molecule has 3 aromatic rings. The lowest BCUT2D eigenvalue weighted by atomic mass is 9.84. The molecule has 36 heavy (non-hydrogen) atoms. The molecule has 1 aliphatic carbocycles. The summed E-state index contributed by atoms with van der Waals surface area (Å²) < 4.78 is 11.0. The molecule has 0 bridgehead atoms. The van der Waals surface area contributed by atoms with Gasteiger partial charge in [-0.05, 0) is 37.8 Å². The highest BCUT2D eigenvalue weighted by Gasteiger charge is 2.34. The van der Waals surface area contributed by atoms with Crippen molar-refractivity contribution in [3.63, 3.8) is 0 Å². The molecule has 1 saturated carbocycles. The number of nitrogens with one attached hydrogen (secondary N) is 2. The molecule has 0 atom stereocenters. The van der Waals surface area contributed by atoms with E-state index in [1.165, 1.54) is 12.4 Å². The molecule has 1 saturated heterocycles. The molecule has 188 valence electrons. The van der Waals surface area contributed by atoms with Crippen LogP contribution in [0, 0.1) is 5.92 Å². The number of nitrogens with two attached hydrogens (primary N) is 1. The molecule has 5 rings (SSSR count). The van der Waals surface area contributed by atoms with Crippen LogP contribution in [0.15, 0.2) is 35.0 Å². The number of ether oxygens (including phenoxy) is 1. The average molecular weight is 513 g/mol. The molecule has 0 aromatic carbocycles. The quantitative estimate of drug-likeness (QED) is 0.471. The van der Waals surface area contributed by atoms with Crippen LogP contribution >= 0.6 is 11.6 Å². The highest BCUT2D eigenvalue weighted by atomic mass is 35.5. The van der Waals surface area contributed by atoms with Crippen molar-refractivity contribution in [3.05, 3.63) is 41.4 Å². The van der Waals surface area contributed by atoms with E-state index in [0.29, 0.717) is 42.2 Å². The summed E-state index contributed by atoms with van der Waals surface area (Å²) in [6, 6.07) is 4.79. The first-order valence-corrected chi connectivity index (χ1v) is 12.1. The zero-order valence-electron chi connectivity index (χ0n) is 19.3. The molecule has 11 nitrogen and oxygen atoms in total. The Morgan fingerprint density at radius 3 is 2.64 bits per heavy atom. The third kappa shape index (κ3) is 4.98. The Hall–Kier alpha value is -3.70. The molecular weight excluding hydrogens is 488 g/mol. The van der Waals surface area contributed by atoms with Gasteiger partial charge in [0.15, 0.2) is 5.58 Å². The summed E-state index contributed by atoms with van der Waals surface area (Å²) in [6.45, 7) is 1.23. The van der Waals surface area contributed by atoms with Gasteiger partial charge in [-0.15, -0.1) is 0 Å². The highest BCUT2D eigenvalue weighted by Crippen LogP contribution is 2.34. The van der Waals surface area contributed by atoms with Gasteiger partial charge in [-0.25, -0.2) is 9.97 Å². The Kier molecular flexibility index (Phi) is 6.75. The monoisotopic (exact) mass is 512 g/mol. The number of pyridine rings is 2. The minimum absolute atomic E-state index is 0.00445. The number of nitrogens with zero attached hydrogens (tertiary/aromatic N) is 3. The Morgan fingerprint density at radius 1 is 1.11 bits per heavy atom. The number of hydrogen-bond donors (Lipinski definition) is 3. The van der Waals surface area contributed by atoms with E-state index in [-0.39, 0.29) is 53.2 Å². The summed E-state index contributed by atoms with van der Waals surface area (Å²) in [5.41, 5.74) is 6.95. The van der Waals surface area contributed by atoms with Crippen molar-refractivity contribution in [1.29, 1.82) is 0 Å². The van der Waals surface area contributed by atoms with Gasteiger partial charge >= 0.3 is 0 Å². The Morgan fingerprint density at radius 2 is 1.92 bits per heavy atom. The SMILES string of the molecule is Nc1cnc2c(NC(=O)C3CCC(N4CCOCC4=O)CC3)c(C(=O)Nc3ccc(Cl)cn3)oc2c1. The molecule has 2 fully saturated rings. The van der Waals surface area contributed by atoms with Crippen LogP contribution in [0.25, 0.3) is 11.1 Å². The zero-order valence-corrected chi connectivity index (χ0v) is 20.1. The number of hydrogen-bond acceptors (Lipinski definition) is 8. The molecule has 0 unspecified atom stereocenters. The molecular formula is C24H25ClN6O5. The fourth-order valence-corrected chi connectivity index (χ4v) is 4.80. The lowest BCUT2D eigenvalue weighted by Crippen LogP contribution is -2.49. The van der Waals surface area contributed by atoms with Gasteiger partial charge < -0.3 is 30.4 Å². The van der Waals surface area contributed by atoms with E-state index < -0.39 is 5.91 Å². The molecule has 0 radical (unpaired) electrons. The van der Waals surface area contributed by atoms with Gasteiger partial charge in [0.25, 0.3) is 5.91 Å². The minimum atomic E-state index is -0.605. The van der Waals surface area contributed by atoms with E-state index >= 15 is 0 Å². The van der Waals surface area contributed by atoms with Gasteiger partial charge in [-0.2, -0.15) is 0 Å². The molecule has 4 N–H and O–H groups in total. The number of furan rings is 1. The van der Waals surface area contributed by atoms with E-state index in [4.69, 9.17) is 26.5 Å². The minimum Gasteiger partial charge on any atom is -0.447 e. The van der Waals surface area contributed by atoms with Crippen LogP contribution in [-0.2, 0) is 14.3 Å². The summed E-state index contributed by atoms with van der Waals surface area (Å²) >= 11 is 5.86. The molecule has 1 aliphatic heterocycles. The average Bonchev–Trinajstić information content (AvgIpc) is 3.23. The van der Waals surface area contributed by atoms with E-state index in [2.05, 4.69) is 20.6 Å². The predicted molar refractivity (Wildman–Crippen MR) is 133 cm³/mol. The van der Waals surface area contributed by atoms with Gasteiger partial charge in [-0.3, -0.25) is 14.4 Å². The number of fused-ring (bicyclic) bond motifs is 1. The second kappa shape index (κ2) is 10.1. The Labute approximate surface area is 211 Å². The van der Waals surface area contributed by atoms with Crippen LogP contribution in [0.4, 0.5) is 17.2 Å². The number of halogens is 1. The second-order valence-electron chi connectivity index (χ2n) is 8.87. The van der Waals surface area contributed by atoms with Gasteiger partial charge in [0, 0.05) is 30.8 Å². The van der Waals surface area contributed by atoms with Crippen LogP contribution in [0.2, 0.25) is 5.02 Å². The van der Waals surface area contributed by atoms with E-state index in [1.807, 2.05) is 4.90 Å². The van der Waals surface area contributed by atoms with E-state index in [9.17, 15) is 14.4 Å². The third-order valence-electron chi connectivity index (χ3n) is 6.50.